The van der Waals surface area contributed by atoms with Crippen molar-refractivity contribution in [3.8, 4) is 0 Å². The van der Waals surface area contributed by atoms with Crippen LogP contribution in [0.25, 0.3) is 0 Å². The number of rotatable bonds is 6. The van der Waals surface area contributed by atoms with Crippen LogP contribution >= 0.6 is 11.8 Å². The standard InChI is InChI=1S/C20H19N3O3S/c1-13-5-3-6-15(9-13)20(25)21-16-7-4-8-17(11-16)27-12-19(24)22-18-10-14(2)26-23-18/h3-11H,12H2,1-2H3,(H,21,25)(H,22,23,24). The number of hydrogen-bond donors (Lipinski definition) is 2. The van der Waals surface area contributed by atoms with E-state index in [4.69, 9.17) is 4.52 Å². The van der Waals surface area contributed by atoms with Gasteiger partial charge in [-0.1, -0.05) is 28.9 Å². The number of nitrogens with one attached hydrogen (secondary N) is 2. The van der Waals surface area contributed by atoms with Crippen LogP contribution in [0.2, 0.25) is 0 Å². The quantitative estimate of drug-likeness (QED) is 0.623. The third kappa shape index (κ3) is 5.46. The van der Waals surface area contributed by atoms with Gasteiger partial charge in [-0.2, -0.15) is 0 Å². The Hall–Kier alpha value is -3.06. The zero-order chi connectivity index (χ0) is 19.2. The summed E-state index contributed by atoms with van der Waals surface area (Å²) in [5, 5.41) is 9.28. The van der Waals surface area contributed by atoms with Crippen molar-refractivity contribution < 1.29 is 14.1 Å². The molecule has 3 aromatic rings. The van der Waals surface area contributed by atoms with Gasteiger partial charge in [-0.25, -0.2) is 0 Å². The number of amides is 2. The molecule has 0 spiro atoms. The minimum Gasteiger partial charge on any atom is -0.360 e. The lowest BCUT2D eigenvalue weighted by Gasteiger charge is -2.08. The van der Waals surface area contributed by atoms with Gasteiger partial charge in [-0.05, 0) is 44.2 Å². The fourth-order valence-electron chi connectivity index (χ4n) is 2.41. The second-order valence-corrected chi connectivity index (χ2v) is 7.06. The molecule has 2 amide bonds. The Morgan fingerprint density at radius 1 is 1.04 bits per heavy atom. The number of aryl methyl sites for hydroxylation is 2. The third-order valence-electron chi connectivity index (χ3n) is 3.64. The van der Waals surface area contributed by atoms with Crippen molar-refractivity contribution in [2.45, 2.75) is 18.7 Å². The molecule has 0 unspecified atom stereocenters. The van der Waals surface area contributed by atoms with Gasteiger partial charge >= 0.3 is 0 Å². The van der Waals surface area contributed by atoms with E-state index >= 15 is 0 Å². The first-order valence-electron chi connectivity index (χ1n) is 8.33. The number of hydrogen-bond acceptors (Lipinski definition) is 5. The first-order chi connectivity index (χ1) is 13.0. The summed E-state index contributed by atoms with van der Waals surface area (Å²) in [6, 6.07) is 16.4. The molecule has 27 heavy (non-hydrogen) atoms. The van der Waals surface area contributed by atoms with Crippen LogP contribution in [-0.4, -0.2) is 22.7 Å². The lowest BCUT2D eigenvalue weighted by molar-refractivity contribution is -0.113. The topological polar surface area (TPSA) is 84.2 Å². The maximum Gasteiger partial charge on any atom is 0.255 e. The van der Waals surface area contributed by atoms with Crippen molar-refractivity contribution in [2.75, 3.05) is 16.4 Å². The molecule has 1 aromatic heterocycles. The molecule has 0 aliphatic rings. The number of carbonyl (C=O) groups excluding carboxylic acids is 2. The predicted octanol–water partition coefficient (Wildman–Crippen LogP) is 4.27. The van der Waals surface area contributed by atoms with Crippen LogP contribution in [-0.2, 0) is 4.79 Å². The van der Waals surface area contributed by atoms with E-state index in [2.05, 4.69) is 15.8 Å². The van der Waals surface area contributed by atoms with Crippen molar-refractivity contribution in [3.63, 3.8) is 0 Å². The number of carbonyl (C=O) groups is 2. The van der Waals surface area contributed by atoms with Crippen LogP contribution in [0.15, 0.2) is 64.0 Å². The molecular formula is C20H19N3O3S. The molecule has 0 saturated heterocycles. The molecule has 0 atom stereocenters. The van der Waals surface area contributed by atoms with E-state index in [9.17, 15) is 9.59 Å². The molecule has 0 fully saturated rings. The van der Waals surface area contributed by atoms with Crippen molar-refractivity contribution >= 4 is 35.1 Å². The van der Waals surface area contributed by atoms with E-state index in [1.807, 2.05) is 49.4 Å². The van der Waals surface area contributed by atoms with Gasteiger partial charge in [0.05, 0.1) is 5.75 Å². The molecule has 0 bridgehead atoms. The highest BCUT2D eigenvalue weighted by Gasteiger charge is 2.09. The molecule has 3 rings (SSSR count). The Balaban J connectivity index is 1.57. The summed E-state index contributed by atoms with van der Waals surface area (Å²) in [7, 11) is 0. The predicted molar refractivity (Wildman–Crippen MR) is 106 cm³/mol. The van der Waals surface area contributed by atoms with Gasteiger partial charge in [0.2, 0.25) is 5.91 Å². The monoisotopic (exact) mass is 381 g/mol. The van der Waals surface area contributed by atoms with Crippen LogP contribution in [0, 0.1) is 13.8 Å². The summed E-state index contributed by atoms with van der Waals surface area (Å²) in [5.74, 6) is 0.913. The molecular weight excluding hydrogens is 362 g/mol. The number of nitrogens with zero attached hydrogens (tertiary/aromatic N) is 1. The Bertz CT molecular complexity index is 968. The molecule has 0 aliphatic heterocycles. The molecule has 2 aromatic carbocycles. The van der Waals surface area contributed by atoms with Crippen molar-refractivity contribution in [3.05, 3.63) is 71.5 Å². The number of thioether (sulfide) groups is 1. The van der Waals surface area contributed by atoms with Gasteiger partial charge in [-0.3, -0.25) is 9.59 Å². The third-order valence-corrected chi connectivity index (χ3v) is 4.63. The van der Waals surface area contributed by atoms with E-state index in [0.29, 0.717) is 22.8 Å². The highest BCUT2D eigenvalue weighted by Crippen LogP contribution is 2.22. The zero-order valence-electron chi connectivity index (χ0n) is 15.0. The van der Waals surface area contributed by atoms with Crippen molar-refractivity contribution in [1.29, 1.82) is 0 Å². The minimum absolute atomic E-state index is 0.167. The van der Waals surface area contributed by atoms with E-state index in [-0.39, 0.29) is 17.6 Å². The average Bonchev–Trinajstić information content (AvgIpc) is 3.05. The summed E-state index contributed by atoms with van der Waals surface area (Å²) in [6.07, 6.45) is 0. The first-order valence-corrected chi connectivity index (χ1v) is 9.32. The van der Waals surface area contributed by atoms with Crippen LogP contribution in [0.1, 0.15) is 21.7 Å². The van der Waals surface area contributed by atoms with E-state index in [1.165, 1.54) is 11.8 Å². The molecule has 6 nitrogen and oxygen atoms in total. The van der Waals surface area contributed by atoms with Crippen LogP contribution in [0.5, 0.6) is 0 Å². The van der Waals surface area contributed by atoms with Gasteiger partial charge in [0, 0.05) is 22.2 Å². The summed E-state index contributed by atoms with van der Waals surface area (Å²) in [4.78, 5) is 25.2. The Kier molecular flexibility index (Phi) is 5.93. The van der Waals surface area contributed by atoms with Crippen LogP contribution < -0.4 is 10.6 Å². The van der Waals surface area contributed by atoms with Gasteiger partial charge in [0.15, 0.2) is 5.82 Å². The normalized spacial score (nSPS) is 10.4. The van der Waals surface area contributed by atoms with E-state index in [1.54, 1.807) is 19.1 Å². The van der Waals surface area contributed by atoms with E-state index < -0.39 is 0 Å². The molecule has 1 heterocycles. The van der Waals surface area contributed by atoms with Gasteiger partial charge in [-0.15, -0.1) is 11.8 Å². The lowest BCUT2D eigenvalue weighted by atomic mass is 10.1. The van der Waals surface area contributed by atoms with Gasteiger partial charge in [0.25, 0.3) is 5.91 Å². The SMILES string of the molecule is Cc1cccc(C(=O)Nc2cccc(SCC(=O)Nc3cc(C)on3)c2)c1. The number of aromatic nitrogens is 1. The van der Waals surface area contributed by atoms with Crippen LogP contribution in [0.4, 0.5) is 11.5 Å². The molecule has 0 aliphatic carbocycles. The van der Waals surface area contributed by atoms with Gasteiger partial charge in [0.1, 0.15) is 5.76 Å². The average molecular weight is 381 g/mol. The molecule has 0 saturated carbocycles. The summed E-state index contributed by atoms with van der Waals surface area (Å²) in [5.41, 5.74) is 2.31. The number of benzene rings is 2. The fourth-order valence-corrected chi connectivity index (χ4v) is 3.16. The summed E-state index contributed by atoms with van der Waals surface area (Å²) < 4.78 is 4.91. The molecule has 2 N–H and O–H groups in total. The lowest BCUT2D eigenvalue weighted by Crippen LogP contribution is -2.14. The first kappa shape index (κ1) is 18.7. The maximum atomic E-state index is 12.4. The zero-order valence-corrected chi connectivity index (χ0v) is 15.8. The van der Waals surface area contributed by atoms with Crippen LogP contribution in [0.3, 0.4) is 0 Å². The fraction of sp³-hybridized carbons (Fsp3) is 0.150. The highest BCUT2D eigenvalue weighted by atomic mass is 32.2. The highest BCUT2D eigenvalue weighted by molar-refractivity contribution is 8.00. The Labute approximate surface area is 161 Å². The van der Waals surface area contributed by atoms with Crippen molar-refractivity contribution in [1.82, 2.24) is 5.16 Å². The summed E-state index contributed by atoms with van der Waals surface area (Å²) >= 11 is 1.37. The molecule has 0 radical (unpaired) electrons. The molecule has 138 valence electrons. The second-order valence-electron chi connectivity index (χ2n) is 6.01. The second kappa shape index (κ2) is 8.55. The smallest absolute Gasteiger partial charge is 0.255 e. The Morgan fingerprint density at radius 2 is 1.85 bits per heavy atom. The van der Waals surface area contributed by atoms with Gasteiger partial charge < -0.3 is 15.2 Å². The van der Waals surface area contributed by atoms with Crippen molar-refractivity contribution in [2.24, 2.45) is 0 Å². The Morgan fingerprint density at radius 3 is 2.59 bits per heavy atom. The summed E-state index contributed by atoms with van der Waals surface area (Å²) in [6.45, 7) is 3.70. The molecule has 7 heteroatoms. The van der Waals surface area contributed by atoms with E-state index in [0.717, 1.165) is 10.5 Å². The largest absolute Gasteiger partial charge is 0.360 e. The minimum atomic E-state index is -0.178. The maximum absolute atomic E-state index is 12.4. The number of anilines is 2.